The number of aromatic nitrogens is 8. The van der Waals surface area contributed by atoms with Crippen LogP contribution in [0, 0.1) is 142 Å². The highest BCUT2D eigenvalue weighted by Crippen LogP contribution is 2.40. The maximum Gasteiger partial charge on any atom is 0.586 e. The highest BCUT2D eigenvalue weighted by molar-refractivity contribution is 7.07. The second-order valence-corrected chi connectivity index (χ2v) is 38.6. The van der Waals surface area contributed by atoms with Crippen LogP contribution in [-0.4, -0.2) is 52.8 Å². The molecule has 11 rings (SSSR count). The smallest absolute Gasteiger partial charge is 0.454 e. The average Bonchev–Trinajstić information content (AvgIpc) is 1.68. The Bertz CT molecular complexity index is 3050. The van der Waals surface area contributed by atoms with Gasteiger partial charge in [0.15, 0.2) is 23.0 Å². The molecule has 0 N–H and O–H groups in total. The summed E-state index contributed by atoms with van der Waals surface area (Å²) in [5.74, 6) is 22.3. The van der Waals surface area contributed by atoms with Gasteiger partial charge in [-0.25, -0.2) is 9.97 Å². The maximum atomic E-state index is 12.3. The van der Waals surface area contributed by atoms with Gasteiger partial charge in [-0.2, -0.15) is 21.5 Å². The molecule has 0 saturated carbocycles. The van der Waals surface area contributed by atoms with Gasteiger partial charge in [0.2, 0.25) is 6.79 Å². The van der Waals surface area contributed by atoms with Crippen molar-refractivity contribution in [3.8, 4) is 23.0 Å². The van der Waals surface area contributed by atoms with E-state index in [0.717, 1.165) is 154 Å². The first-order chi connectivity index (χ1) is 57.4. The quantitative estimate of drug-likeness (QED) is 0.0916. The molecule has 700 valence electrons. The van der Waals surface area contributed by atoms with Crippen LogP contribution in [0.25, 0.3) is 10.9 Å². The molecule has 3 aromatic carbocycles. The number of pyridine rings is 1. The molecule has 8 heterocycles. The molecule has 2 aliphatic heterocycles. The van der Waals surface area contributed by atoms with Crippen LogP contribution in [0.4, 0.5) is 8.78 Å². The zero-order chi connectivity index (χ0) is 95.3. The molecule has 0 bridgehead atoms. The monoisotopic (exact) mass is 1730 g/mol. The fourth-order valence-electron chi connectivity index (χ4n) is 10.4. The topological polar surface area (TPSA) is 132 Å². The number of ether oxygens (including phenoxy) is 4. The van der Waals surface area contributed by atoms with Crippen LogP contribution in [0.15, 0.2) is 213 Å². The second-order valence-electron chi connectivity index (χ2n) is 37.8. The van der Waals surface area contributed by atoms with Gasteiger partial charge in [0.25, 0.3) is 0 Å². The predicted molar refractivity (Wildman–Crippen MR) is 534 cm³/mol. The third kappa shape index (κ3) is 70.2. The number of fused-ring (bicyclic) bond motifs is 3. The first-order valence-electron chi connectivity index (χ1n) is 46.1. The predicted octanol–water partition coefficient (Wildman–Crippen LogP) is 33.3. The first kappa shape index (κ1) is 124. The molecule has 2 aliphatic rings. The fourth-order valence-corrected chi connectivity index (χ4v) is 10.9. The van der Waals surface area contributed by atoms with Crippen LogP contribution < -0.4 is 18.9 Å². The number of para-hydroxylation sites is 5. The summed E-state index contributed by atoms with van der Waals surface area (Å²) in [5.41, 5.74) is 1.29. The summed E-state index contributed by atoms with van der Waals surface area (Å²) in [5, 5.41) is 12.5. The molecule has 0 amide bonds. The Morgan fingerprint density at radius 3 is 0.691 bits per heavy atom. The molecule has 12 nitrogen and oxygen atoms in total. The summed E-state index contributed by atoms with van der Waals surface area (Å²) in [4.78, 5) is 18.6. The van der Waals surface area contributed by atoms with Crippen molar-refractivity contribution in [1.29, 1.82) is 0 Å². The Hall–Kier alpha value is -7.65. The molecule has 0 spiro atoms. The van der Waals surface area contributed by atoms with Crippen LogP contribution in [-0.2, 0) is 7.05 Å². The molecule has 0 aliphatic carbocycles. The summed E-state index contributed by atoms with van der Waals surface area (Å²) in [6, 6.07) is 39.3. The molecule has 0 radical (unpaired) electrons. The number of thiophene rings is 1. The molecule has 0 unspecified atom stereocenters. The number of nitrogens with zero attached hydrogens (tertiary/aromatic N) is 8. The molecule has 0 saturated heterocycles. The number of benzene rings is 3. The number of alkyl halides is 2. The third-order valence-electron chi connectivity index (χ3n) is 23.6. The minimum atomic E-state index is -3.50. The van der Waals surface area contributed by atoms with Gasteiger partial charge in [-0.05, 0) is 225 Å². The van der Waals surface area contributed by atoms with E-state index in [9.17, 15) is 8.78 Å². The van der Waals surface area contributed by atoms with E-state index >= 15 is 0 Å². The lowest BCUT2D eigenvalue weighted by molar-refractivity contribution is -0.286. The van der Waals surface area contributed by atoms with Gasteiger partial charge in [0.1, 0.15) is 6.33 Å². The van der Waals surface area contributed by atoms with Gasteiger partial charge in [-0.3, -0.25) is 15.0 Å². The van der Waals surface area contributed by atoms with E-state index in [2.05, 4.69) is 370 Å². The highest BCUT2D eigenvalue weighted by Gasteiger charge is 2.43. The van der Waals surface area contributed by atoms with Gasteiger partial charge in [-0.1, -0.05) is 338 Å². The molecule has 0 fully saturated rings. The van der Waals surface area contributed by atoms with E-state index in [1.165, 1.54) is 29.4 Å². The Kier molecular flexibility index (Phi) is 76.2. The minimum Gasteiger partial charge on any atom is -0.454 e. The number of halogens is 2. The lowest BCUT2D eigenvalue weighted by Gasteiger charge is -2.18. The normalized spacial score (nSPS) is 11.6. The van der Waals surface area contributed by atoms with Crippen molar-refractivity contribution in [2.24, 2.45) is 149 Å². The largest absolute Gasteiger partial charge is 0.586 e. The summed E-state index contributed by atoms with van der Waals surface area (Å²) in [7, 11) is 2.06. The number of hydrogen-bond donors (Lipinski definition) is 0. The highest BCUT2D eigenvalue weighted by atomic mass is 32.1. The Morgan fingerprint density at radius 1 is 0.268 bits per heavy atom. The molecular weight excluding hydrogens is 1540 g/mol. The van der Waals surface area contributed by atoms with Crippen molar-refractivity contribution < 1.29 is 27.7 Å². The second kappa shape index (κ2) is 75.7. The van der Waals surface area contributed by atoms with Crippen LogP contribution >= 0.6 is 11.3 Å². The van der Waals surface area contributed by atoms with Gasteiger partial charge in [0.05, 0.1) is 0 Å². The van der Waals surface area contributed by atoms with E-state index in [1.54, 1.807) is 91.5 Å². The lowest BCUT2D eigenvalue weighted by Crippen LogP contribution is -2.25. The van der Waals surface area contributed by atoms with Crippen molar-refractivity contribution in [2.45, 2.75) is 283 Å². The Morgan fingerprint density at radius 2 is 0.512 bits per heavy atom. The van der Waals surface area contributed by atoms with Crippen molar-refractivity contribution in [3.05, 3.63) is 213 Å². The Labute approximate surface area is 759 Å². The van der Waals surface area contributed by atoms with Crippen molar-refractivity contribution in [1.82, 2.24) is 39.7 Å². The van der Waals surface area contributed by atoms with E-state index in [-0.39, 0.29) is 11.5 Å². The van der Waals surface area contributed by atoms with E-state index < -0.39 is 6.29 Å². The summed E-state index contributed by atoms with van der Waals surface area (Å²) < 4.78 is 45.1. The fraction of sp³-hybridized carbons (Fsp3) is 0.620. The molecule has 9 aromatic rings. The van der Waals surface area contributed by atoms with Gasteiger partial charge in [0, 0.05) is 80.7 Å². The third-order valence-corrected chi connectivity index (χ3v) is 24.3. The molecular formula is C108H184F2N8O4S. The summed E-state index contributed by atoms with van der Waals surface area (Å²) >= 11 is 1.71. The van der Waals surface area contributed by atoms with E-state index in [4.69, 9.17) is 9.47 Å². The van der Waals surface area contributed by atoms with E-state index in [0.29, 0.717) is 6.79 Å². The number of aryl methyl sites for hydroxylation is 1. The summed E-state index contributed by atoms with van der Waals surface area (Å²) in [6.45, 7) is 91.9. The van der Waals surface area contributed by atoms with Gasteiger partial charge in [-0.15, -0.1) is 8.78 Å². The number of rotatable bonds is 16. The zero-order valence-electron chi connectivity index (χ0n) is 85.6. The molecule has 6 aromatic heterocycles. The first-order valence-corrected chi connectivity index (χ1v) is 47.0. The summed E-state index contributed by atoms with van der Waals surface area (Å²) in [6.07, 6.45) is 16.8. The molecule has 0 atom stereocenters. The van der Waals surface area contributed by atoms with Gasteiger partial charge >= 0.3 is 6.29 Å². The van der Waals surface area contributed by atoms with E-state index in [1.807, 2.05) is 77.5 Å². The lowest BCUT2D eigenvalue weighted by atomic mass is 9.88. The zero-order valence-corrected chi connectivity index (χ0v) is 86.5. The van der Waals surface area contributed by atoms with Crippen LogP contribution in [0.3, 0.4) is 0 Å². The van der Waals surface area contributed by atoms with Crippen molar-refractivity contribution >= 4 is 22.2 Å². The molecule has 15 heteroatoms. The average molecular weight is 1730 g/mol. The van der Waals surface area contributed by atoms with Crippen LogP contribution in [0.5, 0.6) is 23.0 Å². The Balaban J connectivity index is -0.000000404. The van der Waals surface area contributed by atoms with Crippen molar-refractivity contribution in [2.75, 3.05) is 6.79 Å². The van der Waals surface area contributed by atoms with Gasteiger partial charge < -0.3 is 23.5 Å². The minimum absolute atomic E-state index is 0.0810. The van der Waals surface area contributed by atoms with Crippen LogP contribution in [0.1, 0.15) is 277 Å². The maximum absolute atomic E-state index is 12.3. The number of hydrogen-bond acceptors (Lipinski definition) is 12. The standard InChI is InChI=1S/C9H9N.8C8H18.C7H4F2O2.C7H6O2.C5H5N.3C4H4N2.C4H4S/c1-10-7-6-8-4-2-3-5-9(8)10;8*1-6(2)8(5)7(3)4;8-7(9)10-5-3-1-2-4-6(5)11-7;1-2-4-7-6(3-1)8-5-9-7;1-2-4-6-5-3-1;1-2-6-4-3-5-1;1-2-5-4-6-3-1;1-2-4-6-5-3-1;1-2-4-5-3-1/h2-7H,1H3;8*6-8H,1-5H3;1-4H;1-4H,5H2;1-5H;3*1-4H;1-4H. The molecule has 123 heavy (non-hydrogen) atoms. The van der Waals surface area contributed by atoms with Crippen LogP contribution in [0.2, 0.25) is 0 Å². The van der Waals surface area contributed by atoms with Crippen molar-refractivity contribution in [3.63, 3.8) is 0 Å². The SMILES string of the molecule is CC(C)C(C)C(C)C.CC(C)C(C)C(C)C.CC(C)C(C)C(C)C.CC(C)C(C)C(C)C.CC(C)C(C)C(C)C.CC(C)C(C)C(C)C.CC(C)C(C)C(C)C.CC(C)C(C)C(C)C.Cn1ccc2ccccc21.FC1(F)Oc2ccccc2O1.c1ccc2c(c1)OCO2.c1ccncc1.c1ccnnc1.c1ccsc1.c1cnccn1.c1cncnc1.